The molecule has 1 aromatic rings. The second kappa shape index (κ2) is 3.62. The van der Waals surface area contributed by atoms with Gasteiger partial charge < -0.3 is 4.74 Å². The number of rotatable bonds is 1. The van der Waals surface area contributed by atoms with Crippen molar-refractivity contribution in [3.8, 4) is 0 Å². The van der Waals surface area contributed by atoms with Crippen LogP contribution in [0, 0.1) is 5.82 Å². The topological polar surface area (TPSA) is 43.4 Å². The largest absolute Gasteiger partial charge is 0.393 e. The van der Waals surface area contributed by atoms with Crippen LogP contribution in [-0.4, -0.2) is 11.9 Å². The summed E-state index contributed by atoms with van der Waals surface area (Å²) in [5.74, 6) is -2.40. The van der Waals surface area contributed by atoms with E-state index < -0.39 is 23.7 Å². The molecule has 1 atom stereocenters. The summed E-state index contributed by atoms with van der Waals surface area (Å²) >= 11 is 5.76. The molecule has 1 aromatic carbocycles. The summed E-state index contributed by atoms with van der Waals surface area (Å²) in [4.78, 5) is 22.1. The normalized spacial score (nSPS) is 20.5. The predicted molar refractivity (Wildman–Crippen MR) is 49.9 cm³/mol. The first-order chi connectivity index (χ1) is 7.08. The number of carbonyl (C=O) groups excluding carboxylic acids is 2. The third-order valence-corrected chi connectivity index (χ3v) is 2.53. The molecule has 1 aliphatic rings. The van der Waals surface area contributed by atoms with Crippen LogP contribution in [0.5, 0.6) is 0 Å². The van der Waals surface area contributed by atoms with Crippen molar-refractivity contribution in [2.45, 2.75) is 12.3 Å². The summed E-state index contributed by atoms with van der Waals surface area (Å²) < 4.78 is 17.1. The fourth-order valence-corrected chi connectivity index (χ4v) is 1.79. The van der Waals surface area contributed by atoms with E-state index in [-0.39, 0.29) is 11.4 Å². The Balaban J connectivity index is 2.38. The first-order valence-electron chi connectivity index (χ1n) is 4.27. The molecule has 1 saturated heterocycles. The minimum atomic E-state index is -0.703. The van der Waals surface area contributed by atoms with Gasteiger partial charge in [0, 0.05) is 5.02 Å². The molecule has 1 fully saturated rings. The number of hydrogen-bond acceptors (Lipinski definition) is 3. The molecule has 0 spiro atoms. The molecule has 1 aliphatic heterocycles. The Morgan fingerprint density at radius 1 is 1.40 bits per heavy atom. The van der Waals surface area contributed by atoms with Gasteiger partial charge in [-0.05, 0) is 17.7 Å². The highest BCUT2D eigenvalue weighted by molar-refractivity contribution is 6.31. The lowest BCUT2D eigenvalue weighted by Crippen LogP contribution is -2.06. The fourth-order valence-electron chi connectivity index (χ4n) is 1.50. The van der Waals surface area contributed by atoms with E-state index in [1.165, 1.54) is 12.1 Å². The van der Waals surface area contributed by atoms with Gasteiger partial charge in [-0.1, -0.05) is 17.7 Å². The van der Waals surface area contributed by atoms with Gasteiger partial charge in [0.05, 0.1) is 12.3 Å². The SMILES string of the molecule is O=C1CC(c2ccc(F)cc2Cl)C(=O)O1. The van der Waals surface area contributed by atoms with Crippen molar-refractivity contribution in [3.63, 3.8) is 0 Å². The second-order valence-corrected chi connectivity index (χ2v) is 3.62. The summed E-state index contributed by atoms with van der Waals surface area (Å²) in [5, 5.41) is 0.131. The van der Waals surface area contributed by atoms with Crippen molar-refractivity contribution in [2.75, 3.05) is 0 Å². The zero-order valence-electron chi connectivity index (χ0n) is 7.50. The highest BCUT2D eigenvalue weighted by Crippen LogP contribution is 2.32. The molecule has 0 aliphatic carbocycles. The first-order valence-corrected chi connectivity index (χ1v) is 4.65. The van der Waals surface area contributed by atoms with Crippen molar-refractivity contribution in [2.24, 2.45) is 0 Å². The summed E-state index contributed by atoms with van der Waals surface area (Å²) in [6.45, 7) is 0. The Morgan fingerprint density at radius 2 is 2.13 bits per heavy atom. The summed E-state index contributed by atoms with van der Waals surface area (Å²) in [6, 6.07) is 3.69. The van der Waals surface area contributed by atoms with Gasteiger partial charge in [0.25, 0.3) is 0 Å². The first kappa shape index (κ1) is 10.1. The van der Waals surface area contributed by atoms with E-state index in [4.69, 9.17) is 11.6 Å². The minimum Gasteiger partial charge on any atom is -0.393 e. The standard InChI is InChI=1S/C10H6ClFO3/c11-8-3-5(12)1-2-6(8)7-4-9(13)15-10(7)14/h1-3,7H,4H2. The number of halogens is 2. The van der Waals surface area contributed by atoms with E-state index >= 15 is 0 Å². The third-order valence-electron chi connectivity index (χ3n) is 2.21. The van der Waals surface area contributed by atoms with Crippen LogP contribution in [0.4, 0.5) is 4.39 Å². The molecule has 1 heterocycles. The number of ether oxygens (including phenoxy) is 1. The van der Waals surface area contributed by atoms with Gasteiger partial charge >= 0.3 is 11.9 Å². The molecule has 0 bridgehead atoms. The molecular weight excluding hydrogens is 223 g/mol. The van der Waals surface area contributed by atoms with Crippen LogP contribution in [-0.2, 0) is 14.3 Å². The smallest absolute Gasteiger partial charge is 0.321 e. The van der Waals surface area contributed by atoms with Crippen molar-refractivity contribution in [1.82, 2.24) is 0 Å². The van der Waals surface area contributed by atoms with Gasteiger partial charge in [-0.25, -0.2) is 4.39 Å². The maximum absolute atomic E-state index is 12.7. The molecule has 0 radical (unpaired) electrons. The predicted octanol–water partition coefficient (Wildman–Crippen LogP) is 2.04. The quantitative estimate of drug-likeness (QED) is 0.546. The van der Waals surface area contributed by atoms with Crippen LogP contribution in [0.15, 0.2) is 18.2 Å². The zero-order valence-corrected chi connectivity index (χ0v) is 8.25. The summed E-state index contributed by atoms with van der Waals surface area (Å²) in [5.41, 5.74) is 0.425. The zero-order chi connectivity index (χ0) is 11.0. The van der Waals surface area contributed by atoms with Gasteiger partial charge in [0.15, 0.2) is 0 Å². The third kappa shape index (κ3) is 1.85. The van der Waals surface area contributed by atoms with Crippen molar-refractivity contribution in [1.29, 1.82) is 0 Å². The van der Waals surface area contributed by atoms with Gasteiger partial charge in [0.2, 0.25) is 0 Å². The number of hydrogen-bond donors (Lipinski definition) is 0. The van der Waals surface area contributed by atoms with Crippen LogP contribution < -0.4 is 0 Å². The van der Waals surface area contributed by atoms with Gasteiger partial charge in [-0.2, -0.15) is 0 Å². The maximum Gasteiger partial charge on any atom is 0.321 e. The van der Waals surface area contributed by atoms with E-state index in [1.54, 1.807) is 0 Å². The van der Waals surface area contributed by atoms with E-state index in [1.807, 2.05) is 0 Å². The molecule has 15 heavy (non-hydrogen) atoms. The molecule has 0 amide bonds. The highest BCUT2D eigenvalue weighted by atomic mass is 35.5. The lowest BCUT2D eigenvalue weighted by Gasteiger charge is -2.06. The number of carbonyl (C=O) groups is 2. The second-order valence-electron chi connectivity index (χ2n) is 3.22. The van der Waals surface area contributed by atoms with Crippen LogP contribution in [0.2, 0.25) is 5.02 Å². The molecule has 78 valence electrons. The molecule has 3 nitrogen and oxygen atoms in total. The Bertz CT molecular complexity index is 444. The molecule has 0 N–H and O–H groups in total. The van der Waals surface area contributed by atoms with Crippen molar-refractivity contribution < 1.29 is 18.7 Å². The van der Waals surface area contributed by atoms with Gasteiger partial charge in [-0.3, -0.25) is 9.59 Å². The molecule has 2 rings (SSSR count). The Morgan fingerprint density at radius 3 is 2.67 bits per heavy atom. The Labute approximate surface area is 89.8 Å². The fraction of sp³-hybridized carbons (Fsp3) is 0.200. The number of benzene rings is 1. The Hall–Kier alpha value is -1.42. The van der Waals surface area contributed by atoms with E-state index in [2.05, 4.69) is 4.74 Å². The van der Waals surface area contributed by atoms with E-state index in [0.29, 0.717) is 5.56 Å². The van der Waals surface area contributed by atoms with Crippen molar-refractivity contribution >= 4 is 23.5 Å². The van der Waals surface area contributed by atoms with Crippen LogP contribution in [0.25, 0.3) is 0 Å². The van der Waals surface area contributed by atoms with E-state index in [0.717, 1.165) is 6.07 Å². The monoisotopic (exact) mass is 228 g/mol. The highest BCUT2D eigenvalue weighted by Gasteiger charge is 2.35. The van der Waals surface area contributed by atoms with Crippen molar-refractivity contribution in [3.05, 3.63) is 34.6 Å². The van der Waals surface area contributed by atoms with E-state index in [9.17, 15) is 14.0 Å². The molecular formula is C10H6ClFO3. The Kier molecular flexibility index (Phi) is 2.44. The maximum atomic E-state index is 12.7. The average molecular weight is 229 g/mol. The van der Waals surface area contributed by atoms with Gasteiger partial charge in [0.1, 0.15) is 5.82 Å². The molecule has 5 heteroatoms. The average Bonchev–Trinajstić information content (AvgIpc) is 2.45. The van der Waals surface area contributed by atoms with Crippen LogP contribution >= 0.6 is 11.6 Å². The molecule has 0 saturated carbocycles. The van der Waals surface area contributed by atoms with Crippen LogP contribution in [0.1, 0.15) is 17.9 Å². The number of cyclic esters (lactones) is 2. The lowest BCUT2D eigenvalue weighted by molar-refractivity contribution is -0.152. The minimum absolute atomic E-state index is 0.0375. The summed E-state index contributed by atoms with van der Waals surface area (Å²) in [6.07, 6.45) is -0.0375. The number of esters is 2. The van der Waals surface area contributed by atoms with Crippen LogP contribution in [0.3, 0.4) is 0 Å². The lowest BCUT2D eigenvalue weighted by atomic mass is 9.98. The molecule has 1 unspecified atom stereocenters. The summed E-state index contributed by atoms with van der Waals surface area (Å²) in [7, 11) is 0. The molecule has 0 aromatic heterocycles. The van der Waals surface area contributed by atoms with Gasteiger partial charge in [-0.15, -0.1) is 0 Å².